The van der Waals surface area contributed by atoms with Gasteiger partial charge in [0.1, 0.15) is 11.6 Å². The molecule has 0 saturated carbocycles. The number of nitrogen functional groups attached to an aromatic ring is 1. The van der Waals surface area contributed by atoms with Gasteiger partial charge in [-0.15, -0.1) is 0 Å². The van der Waals surface area contributed by atoms with Crippen molar-refractivity contribution in [3.63, 3.8) is 0 Å². The Balaban J connectivity index is 3.38. The van der Waals surface area contributed by atoms with Gasteiger partial charge in [0.15, 0.2) is 0 Å². The van der Waals surface area contributed by atoms with Crippen LogP contribution >= 0.6 is 11.6 Å². The summed E-state index contributed by atoms with van der Waals surface area (Å²) in [5.41, 5.74) is 11.0. The number of ether oxygens (including phenoxy) is 2. The van der Waals surface area contributed by atoms with E-state index in [2.05, 4.69) is 0 Å². The molecule has 0 heterocycles. The first-order valence-electron chi connectivity index (χ1n) is 6.92. The van der Waals surface area contributed by atoms with Crippen molar-refractivity contribution < 1.29 is 19.1 Å². The molecule has 128 valence electrons. The summed E-state index contributed by atoms with van der Waals surface area (Å²) in [6.07, 6.45) is -0.771. The lowest BCUT2D eigenvalue weighted by molar-refractivity contribution is -0.120. The van der Waals surface area contributed by atoms with Crippen LogP contribution in [0.1, 0.15) is 20.8 Å². The van der Waals surface area contributed by atoms with E-state index in [0.29, 0.717) is 5.02 Å². The van der Waals surface area contributed by atoms with Crippen molar-refractivity contribution in [3.05, 3.63) is 23.2 Å². The van der Waals surface area contributed by atoms with Crippen molar-refractivity contribution in [1.29, 1.82) is 0 Å². The Labute approximate surface area is 140 Å². The van der Waals surface area contributed by atoms with Gasteiger partial charge in [0.05, 0.1) is 18.0 Å². The third-order valence-electron chi connectivity index (χ3n) is 2.81. The van der Waals surface area contributed by atoms with Crippen LogP contribution in [0.3, 0.4) is 0 Å². The standard InChI is InChI=1S/C15H22ClN3O4/c1-15(2,3)23-14(21)19(12(8-22-4)13(18)20)11-7-9(16)5-6-10(11)17/h5-7,12H,8,17H2,1-4H3,(H2,18,20)/t12-/m0/s1. The van der Waals surface area contributed by atoms with Crippen LogP contribution < -0.4 is 16.4 Å². The number of nitrogens with zero attached hydrogens (tertiary/aromatic N) is 1. The van der Waals surface area contributed by atoms with Gasteiger partial charge < -0.3 is 20.9 Å². The van der Waals surface area contributed by atoms with Gasteiger partial charge in [0, 0.05) is 12.1 Å². The van der Waals surface area contributed by atoms with E-state index in [1.165, 1.54) is 19.2 Å². The molecule has 0 saturated heterocycles. The number of halogens is 1. The van der Waals surface area contributed by atoms with Gasteiger partial charge in [0.2, 0.25) is 5.91 Å². The summed E-state index contributed by atoms with van der Waals surface area (Å²) in [6.45, 7) is 5.01. The molecule has 0 unspecified atom stereocenters. The highest BCUT2D eigenvalue weighted by Gasteiger charge is 2.34. The van der Waals surface area contributed by atoms with Crippen LogP contribution in [0, 0.1) is 0 Å². The second kappa shape index (κ2) is 7.52. The average Bonchev–Trinajstić information content (AvgIpc) is 2.39. The van der Waals surface area contributed by atoms with Crippen molar-refractivity contribution >= 4 is 35.0 Å². The Hall–Kier alpha value is -1.99. The second-order valence-electron chi connectivity index (χ2n) is 5.93. The minimum absolute atomic E-state index is 0.111. The van der Waals surface area contributed by atoms with E-state index in [1.807, 2.05) is 0 Å². The van der Waals surface area contributed by atoms with Crippen LogP contribution in [0.25, 0.3) is 0 Å². The number of rotatable bonds is 5. The molecule has 0 aliphatic rings. The molecule has 1 atom stereocenters. The lowest BCUT2D eigenvalue weighted by atomic mass is 10.1. The third-order valence-corrected chi connectivity index (χ3v) is 3.04. The van der Waals surface area contributed by atoms with E-state index in [0.717, 1.165) is 4.90 Å². The lowest BCUT2D eigenvalue weighted by Crippen LogP contribution is -2.52. The van der Waals surface area contributed by atoms with Crippen LogP contribution in [0.5, 0.6) is 0 Å². The summed E-state index contributed by atoms with van der Waals surface area (Å²) in [4.78, 5) is 25.4. The number of amides is 2. The van der Waals surface area contributed by atoms with Crippen molar-refractivity contribution in [2.45, 2.75) is 32.4 Å². The molecule has 2 amide bonds. The fraction of sp³-hybridized carbons (Fsp3) is 0.467. The smallest absolute Gasteiger partial charge is 0.415 e. The minimum atomic E-state index is -1.09. The Kier molecular flexibility index (Phi) is 6.23. The zero-order valence-electron chi connectivity index (χ0n) is 13.6. The molecule has 8 heteroatoms. The Bertz CT molecular complexity index is 587. The highest BCUT2D eigenvalue weighted by Crippen LogP contribution is 2.30. The molecule has 1 aromatic rings. The molecule has 0 aromatic heterocycles. The highest BCUT2D eigenvalue weighted by atomic mass is 35.5. The number of anilines is 2. The molecule has 0 bridgehead atoms. The van der Waals surface area contributed by atoms with Gasteiger partial charge in [-0.25, -0.2) is 4.79 Å². The highest BCUT2D eigenvalue weighted by molar-refractivity contribution is 6.31. The quantitative estimate of drug-likeness (QED) is 0.796. The lowest BCUT2D eigenvalue weighted by Gasteiger charge is -2.32. The zero-order chi connectivity index (χ0) is 17.8. The molecule has 1 aromatic carbocycles. The maximum Gasteiger partial charge on any atom is 0.415 e. The summed E-state index contributed by atoms with van der Waals surface area (Å²) in [7, 11) is 1.39. The maximum atomic E-state index is 12.6. The number of carbonyl (C=O) groups is 2. The largest absolute Gasteiger partial charge is 0.443 e. The van der Waals surface area contributed by atoms with Gasteiger partial charge in [-0.1, -0.05) is 11.6 Å². The van der Waals surface area contributed by atoms with Crippen LogP contribution in [0.15, 0.2) is 18.2 Å². The molecule has 23 heavy (non-hydrogen) atoms. The van der Waals surface area contributed by atoms with Crippen LogP contribution in [-0.2, 0) is 14.3 Å². The monoisotopic (exact) mass is 343 g/mol. The number of methoxy groups -OCH3 is 1. The normalized spacial score (nSPS) is 12.6. The molecule has 0 radical (unpaired) electrons. The number of benzene rings is 1. The van der Waals surface area contributed by atoms with E-state index in [4.69, 9.17) is 32.5 Å². The molecule has 0 fully saturated rings. The number of hydrogen-bond donors (Lipinski definition) is 2. The fourth-order valence-corrected chi connectivity index (χ4v) is 2.04. The number of nitrogens with two attached hydrogens (primary N) is 2. The summed E-state index contributed by atoms with van der Waals surface area (Å²) in [6, 6.07) is 3.48. The molecule has 7 nitrogen and oxygen atoms in total. The van der Waals surface area contributed by atoms with E-state index in [9.17, 15) is 9.59 Å². The first-order chi connectivity index (χ1) is 10.6. The average molecular weight is 344 g/mol. The van der Waals surface area contributed by atoms with Gasteiger partial charge >= 0.3 is 6.09 Å². The Morgan fingerprint density at radius 2 is 1.96 bits per heavy atom. The topological polar surface area (TPSA) is 108 Å². The number of hydrogen-bond acceptors (Lipinski definition) is 5. The number of carbonyl (C=O) groups excluding carboxylic acids is 2. The molecule has 0 aliphatic heterocycles. The predicted molar refractivity (Wildman–Crippen MR) is 89.4 cm³/mol. The molecular weight excluding hydrogens is 322 g/mol. The van der Waals surface area contributed by atoms with Gasteiger partial charge in [-0.3, -0.25) is 9.69 Å². The number of primary amides is 1. The summed E-state index contributed by atoms with van der Waals surface area (Å²) >= 11 is 5.98. The third kappa shape index (κ3) is 5.30. The Morgan fingerprint density at radius 1 is 1.35 bits per heavy atom. The van der Waals surface area contributed by atoms with Gasteiger partial charge in [-0.05, 0) is 39.0 Å². The van der Waals surface area contributed by atoms with E-state index in [-0.39, 0.29) is 18.0 Å². The maximum absolute atomic E-state index is 12.6. The van der Waals surface area contributed by atoms with E-state index >= 15 is 0 Å². The zero-order valence-corrected chi connectivity index (χ0v) is 14.4. The molecule has 0 aliphatic carbocycles. The van der Waals surface area contributed by atoms with Crippen LogP contribution in [-0.4, -0.2) is 37.4 Å². The predicted octanol–water partition coefficient (Wildman–Crippen LogP) is 2.16. The van der Waals surface area contributed by atoms with Crippen molar-refractivity contribution in [3.8, 4) is 0 Å². The molecule has 0 spiro atoms. The van der Waals surface area contributed by atoms with Gasteiger partial charge in [0.25, 0.3) is 0 Å². The minimum Gasteiger partial charge on any atom is -0.443 e. The van der Waals surface area contributed by atoms with Crippen LogP contribution in [0.4, 0.5) is 16.2 Å². The van der Waals surface area contributed by atoms with Crippen molar-refractivity contribution in [2.24, 2.45) is 5.73 Å². The van der Waals surface area contributed by atoms with E-state index < -0.39 is 23.6 Å². The summed E-state index contributed by atoms with van der Waals surface area (Å²) in [5.74, 6) is -0.753. The second-order valence-corrected chi connectivity index (χ2v) is 6.36. The SMILES string of the molecule is COC[C@@H](C(N)=O)N(C(=O)OC(C)(C)C)c1cc(Cl)ccc1N. The van der Waals surface area contributed by atoms with Crippen molar-refractivity contribution in [1.82, 2.24) is 0 Å². The molecule has 1 rings (SSSR count). The van der Waals surface area contributed by atoms with Gasteiger partial charge in [-0.2, -0.15) is 0 Å². The molecule has 4 N–H and O–H groups in total. The summed E-state index contributed by atoms with van der Waals surface area (Å²) in [5, 5.41) is 0.350. The van der Waals surface area contributed by atoms with E-state index in [1.54, 1.807) is 26.8 Å². The first-order valence-corrected chi connectivity index (χ1v) is 7.30. The fourth-order valence-electron chi connectivity index (χ4n) is 1.87. The Morgan fingerprint density at radius 3 is 2.43 bits per heavy atom. The van der Waals surface area contributed by atoms with Crippen LogP contribution in [0.2, 0.25) is 5.02 Å². The van der Waals surface area contributed by atoms with Crippen molar-refractivity contribution in [2.75, 3.05) is 24.4 Å². The molecular formula is C15H22ClN3O4. The first kappa shape index (κ1) is 19.1. The summed E-state index contributed by atoms with van der Waals surface area (Å²) < 4.78 is 10.3.